The Hall–Kier alpha value is -1.53. The number of nitrogens with one attached hydrogen (secondary N) is 1. The van der Waals surface area contributed by atoms with Gasteiger partial charge < -0.3 is 14.8 Å². The molecule has 0 spiro atoms. The summed E-state index contributed by atoms with van der Waals surface area (Å²) in [6, 6.07) is 7.37. The first-order valence-corrected chi connectivity index (χ1v) is 8.58. The molecule has 1 N–H and O–H groups in total. The van der Waals surface area contributed by atoms with Crippen LogP contribution in [-0.2, 0) is 0 Å². The van der Waals surface area contributed by atoms with Crippen molar-refractivity contribution in [2.24, 2.45) is 0 Å². The van der Waals surface area contributed by atoms with E-state index in [1.165, 1.54) is 0 Å². The Bertz CT molecular complexity index is 643. The largest absolute Gasteiger partial charge is 0.492 e. The molecule has 1 amide bonds. The van der Waals surface area contributed by atoms with Crippen LogP contribution < -0.4 is 14.8 Å². The van der Waals surface area contributed by atoms with Gasteiger partial charge in [0, 0.05) is 10.4 Å². The van der Waals surface area contributed by atoms with Crippen molar-refractivity contribution in [2.75, 3.05) is 13.7 Å². The molecular weight excluding hydrogens is 366 g/mol. The fourth-order valence-electron chi connectivity index (χ4n) is 2.05. The van der Waals surface area contributed by atoms with E-state index < -0.39 is 0 Å². The highest BCUT2D eigenvalue weighted by molar-refractivity contribution is 9.10. The molecule has 118 valence electrons. The number of hydrogen-bond acceptors (Lipinski definition) is 4. The smallest absolute Gasteiger partial charge is 0.251 e. The molecule has 6 heteroatoms. The predicted octanol–water partition coefficient (Wildman–Crippen LogP) is 4.41. The van der Waals surface area contributed by atoms with Crippen molar-refractivity contribution in [1.82, 2.24) is 5.32 Å². The van der Waals surface area contributed by atoms with Crippen molar-refractivity contribution in [2.45, 2.75) is 19.9 Å². The van der Waals surface area contributed by atoms with Gasteiger partial charge in [0.25, 0.3) is 5.91 Å². The molecule has 0 fully saturated rings. The average molecular weight is 384 g/mol. The maximum atomic E-state index is 12.4. The van der Waals surface area contributed by atoms with E-state index >= 15 is 0 Å². The van der Waals surface area contributed by atoms with Crippen LogP contribution >= 0.6 is 27.3 Å². The highest BCUT2D eigenvalue weighted by atomic mass is 79.9. The third kappa shape index (κ3) is 3.81. The van der Waals surface area contributed by atoms with E-state index in [2.05, 4.69) is 21.2 Å². The van der Waals surface area contributed by atoms with E-state index in [9.17, 15) is 4.79 Å². The minimum absolute atomic E-state index is 0.0380. The quantitative estimate of drug-likeness (QED) is 0.803. The molecule has 0 saturated carbocycles. The minimum Gasteiger partial charge on any atom is -0.492 e. The lowest BCUT2D eigenvalue weighted by molar-refractivity contribution is 0.0940. The third-order valence-corrected chi connectivity index (χ3v) is 4.74. The lowest BCUT2D eigenvalue weighted by atomic mass is 10.1. The van der Waals surface area contributed by atoms with Crippen LogP contribution in [0.3, 0.4) is 0 Å². The van der Waals surface area contributed by atoms with Crippen molar-refractivity contribution in [3.05, 3.63) is 44.6 Å². The second-order valence-corrected chi connectivity index (χ2v) is 6.47. The Balaban J connectivity index is 2.22. The first-order chi connectivity index (χ1) is 10.6. The van der Waals surface area contributed by atoms with Crippen molar-refractivity contribution in [1.29, 1.82) is 0 Å². The summed E-state index contributed by atoms with van der Waals surface area (Å²) in [5, 5.41) is 4.98. The summed E-state index contributed by atoms with van der Waals surface area (Å²) < 4.78 is 11.5. The number of carbonyl (C=O) groups is 1. The first-order valence-electron chi connectivity index (χ1n) is 6.91. The molecule has 0 unspecified atom stereocenters. The SMILES string of the molecule is CCOc1cc(C(=O)N[C@@H](C)c2cccs2)cc(Br)c1OC. The molecule has 0 aliphatic carbocycles. The van der Waals surface area contributed by atoms with E-state index in [1.807, 2.05) is 31.4 Å². The van der Waals surface area contributed by atoms with Crippen molar-refractivity contribution >= 4 is 33.2 Å². The van der Waals surface area contributed by atoms with E-state index in [4.69, 9.17) is 9.47 Å². The van der Waals surface area contributed by atoms with Gasteiger partial charge >= 0.3 is 0 Å². The molecule has 1 aromatic heterocycles. The summed E-state index contributed by atoms with van der Waals surface area (Å²) in [4.78, 5) is 13.6. The lowest BCUT2D eigenvalue weighted by Gasteiger charge is -2.15. The summed E-state index contributed by atoms with van der Waals surface area (Å²) in [5.41, 5.74) is 0.527. The second-order valence-electron chi connectivity index (χ2n) is 4.63. The predicted molar refractivity (Wildman–Crippen MR) is 92.1 cm³/mol. The van der Waals surface area contributed by atoms with Crippen LogP contribution in [0.5, 0.6) is 11.5 Å². The molecule has 0 aliphatic heterocycles. The van der Waals surface area contributed by atoms with Gasteiger partial charge in [0.2, 0.25) is 0 Å². The van der Waals surface area contributed by atoms with Crippen molar-refractivity contribution in [3.63, 3.8) is 0 Å². The zero-order valence-electron chi connectivity index (χ0n) is 12.7. The van der Waals surface area contributed by atoms with Gasteiger partial charge in [0.05, 0.1) is 24.2 Å². The summed E-state index contributed by atoms with van der Waals surface area (Å²) in [5.74, 6) is 0.989. The number of ether oxygens (including phenoxy) is 2. The van der Waals surface area contributed by atoms with E-state index in [-0.39, 0.29) is 11.9 Å². The standard InChI is InChI=1S/C16H18BrNO3S/c1-4-21-13-9-11(8-12(17)15(13)20-3)16(19)18-10(2)14-6-5-7-22-14/h5-10H,4H2,1-3H3,(H,18,19)/t10-/m0/s1. The van der Waals surface area contributed by atoms with Gasteiger partial charge in [-0.1, -0.05) is 6.07 Å². The Morgan fingerprint density at radius 3 is 2.82 bits per heavy atom. The zero-order chi connectivity index (χ0) is 16.1. The highest BCUT2D eigenvalue weighted by Gasteiger charge is 2.17. The molecule has 2 rings (SSSR count). The van der Waals surface area contributed by atoms with Crippen LogP contribution in [0.4, 0.5) is 0 Å². The molecule has 1 aromatic carbocycles. The number of amides is 1. The van der Waals surface area contributed by atoms with Crippen molar-refractivity contribution in [3.8, 4) is 11.5 Å². The first kappa shape index (κ1) is 16.8. The van der Waals surface area contributed by atoms with Gasteiger partial charge in [-0.25, -0.2) is 0 Å². The van der Waals surface area contributed by atoms with Gasteiger partial charge in [0.15, 0.2) is 11.5 Å². The van der Waals surface area contributed by atoms with E-state index in [0.717, 1.165) is 4.88 Å². The molecule has 0 saturated heterocycles. The molecule has 22 heavy (non-hydrogen) atoms. The maximum Gasteiger partial charge on any atom is 0.251 e. The van der Waals surface area contributed by atoms with Gasteiger partial charge in [-0.2, -0.15) is 0 Å². The lowest BCUT2D eigenvalue weighted by Crippen LogP contribution is -2.26. The molecule has 0 bridgehead atoms. The van der Waals surface area contributed by atoms with Crippen molar-refractivity contribution < 1.29 is 14.3 Å². The minimum atomic E-state index is -0.148. The van der Waals surface area contributed by atoms with Gasteiger partial charge in [-0.05, 0) is 53.4 Å². The molecule has 0 aliphatic rings. The monoisotopic (exact) mass is 383 g/mol. The summed E-state index contributed by atoms with van der Waals surface area (Å²) in [6.45, 7) is 4.35. The number of methoxy groups -OCH3 is 1. The third-order valence-electron chi connectivity index (χ3n) is 3.09. The number of thiophene rings is 1. The molecule has 0 radical (unpaired) electrons. The van der Waals surface area contributed by atoms with Gasteiger partial charge in [-0.15, -0.1) is 11.3 Å². The Labute approximate surface area is 142 Å². The van der Waals surface area contributed by atoms with Crippen LogP contribution in [0.2, 0.25) is 0 Å². The van der Waals surface area contributed by atoms with E-state index in [0.29, 0.717) is 28.1 Å². The average Bonchev–Trinajstić information content (AvgIpc) is 3.01. The summed E-state index contributed by atoms with van der Waals surface area (Å²) in [6.07, 6.45) is 0. The fourth-order valence-corrected chi connectivity index (χ4v) is 3.39. The summed E-state index contributed by atoms with van der Waals surface area (Å²) in [7, 11) is 1.57. The molecule has 1 heterocycles. The topological polar surface area (TPSA) is 47.6 Å². The van der Waals surface area contributed by atoms with Crippen LogP contribution in [0.15, 0.2) is 34.1 Å². The fraction of sp³-hybridized carbons (Fsp3) is 0.312. The van der Waals surface area contributed by atoms with Gasteiger partial charge in [0.1, 0.15) is 0 Å². The Morgan fingerprint density at radius 2 is 2.23 bits per heavy atom. The zero-order valence-corrected chi connectivity index (χ0v) is 15.1. The number of hydrogen-bond donors (Lipinski definition) is 1. The number of carbonyl (C=O) groups excluding carboxylic acids is 1. The Morgan fingerprint density at radius 1 is 1.45 bits per heavy atom. The van der Waals surface area contributed by atoms with Crippen LogP contribution in [0.1, 0.15) is 35.1 Å². The maximum absolute atomic E-state index is 12.4. The van der Waals surface area contributed by atoms with Crippen LogP contribution in [-0.4, -0.2) is 19.6 Å². The van der Waals surface area contributed by atoms with Crippen LogP contribution in [0, 0.1) is 0 Å². The molecule has 4 nitrogen and oxygen atoms in total. The number of halogens is 1. The number of rotatable bonds is 6. The molecular formula is C16H18BrNO3S. The van der Waals surface area contributed by atoms with E-state index in [1.54, 1.807) is 30.6 Å². The van der Waals surface area contributed by atoms with Gasteiger partial charge in [-0.3, -0.25) is 4.79 Å². The summed E-state index contributed by atoms with van der Waals surface area (Å²) >= 11 is 5.04. The van der Waals surface area contributed by atoms with Crippen LogP contribution in [0.25, 0.3) is 0 Å². The Kier molecular flexibility index (Phi) is 5.85. The normalized spacial score (nSPS) is 11.8. The molecule has 2 aromatic rings. The molecule has 1 atom stereocenters. The number of benzene rings is 1. The highest BCUT2D eigenvalue weighted by Crippen LogP contribution is 2.36. The second kappa shape index (κ2) is 7.65.